The lowest BCUT2D eigenvalue weighted by atomic mass is 10.3. The standard InChI is InChI=1S/C10H18Cl2N4O/c1-3-8(11)14-10(15-9(12)13)16-4-5-17-6-7(16)2/h7-8H,3-6H2,1-2H3,(H2,13,14,15)/t7-,8?/m1/s1. The maximum absolute atomic E-state index is 7.28. The molecule has 0 saturated carbocycles. The first-order chi connectivity index (χ1) is 8.04. The van der Waals surface area contributed by atoms with Crippen LogP contribution in [-0.4, -0.2) is 47.5 Å². The van der Waals surface area contributed by atoms with Gasteiger partial charge in [0.05, 0.1) is 19.3 Å². The normalized spacial score (nSPS) is 23.4. The summed E-state index contributed by atoms with van der Waals surface area (Å²) in [6.07, 6.45) is 0.723. The summed E-state index contributed by atoms with van der Waals surface area (Å²) >= 11 is 11.6. The number of amidine groups is 1. The average Bonchev–Trinajstić information content (AvgIpc) is 2.28. The van der Waals surface area contributed by atoms with E-state index in [4.69, 9.17) is 33.3 Å². The monoisotopic (exact) mass is 280 g/mol. The number of halogens is 2. The van der Waals surface area contributed by atoms with E-state index in [1.54, 1.807) is 0 Å². The van der Waals surface area contributed by atoms with Crippen LogP contribution >= 0.6 is 23.2 Å². The number of rotatable bonds is 2. The summed E-state index contributed by atoms with van der Waals surface area (Å²) in [5.41, 5.74) is -0.316. The lowest BCUT2D eigenvalue weighted by molar-refractivity contribution is 0.0319. The van der Waals surface area contributed by atoms with Gasteiger partial charge in [0.15, 0.2) is 5.29 Å². The number of hydrogen-bond donors (Lipinski definition) is 2. The quantitative estimate of drug-likeness (QED) is 0.351. The predicted molar refractivity (Wildman–Crippen MR) is 71.1 cm³/mol. The van der Waals surface area contributed by atoms with Gasteiger partial charge >= 0.3 is 0 Å². The molecule has 0 aromatic rings. The summed E-state index contributed by atoms with van der Waals surface area (Å²) < 4.78 is 5.35. The second-order valence-corrected chi connectivity index (χ2v) is 4.73. The molecule has 1 rings (SSSR count). The molecule has 0 amide bonds. The molecule has 2 atom stereocenters. The first-order valence-electron chi connectivity index (χ1n) is 5.62. The van der Waals surface area contributed by atoms with Crippen molar-refractivity contribution in [2.45, 2.75) is 31.8 Å². The Morgan fingerprint density at radius 3 is 2.94 bits per heavy atom. The van der Waals surface area contributed by atoms with Crippen LogP contribution in [0.4, 0.5) is 0 Å². The van der Waals surface area contributed by atoms with Gasteiger partial charge in [-0.05, 0) is 24.9 Å². The van der Waals surface area contributed by atoms with Crippen molar-refractivity contribution in [1.29, 1.82) is 5.41 Å². The molecule has 2 N–H and O–H groups in total. The number of nitrogens with one attached hydrogen (secondary N) is 2. The summed E-state index contributed by atoms with van der Waals surface area (Å²) in [6, 6.07) is 0.187. The van der Waals surface area contributed by atoms with Gasteiger partial charge in [0.25, 0.3) is 0 Å². The van der Waals surface area contributed by atoms with Crippen LogP contribution in [0.1, 0.15) is 20.3 Å². The van der Waals surface area contributed by atoms with Gasteiger partial charge in [0.1, 0.15) is 5.50 Å². The summed E-state index contributed by atoms with van der Waals surface area (Å²) in [6.45, 7) is 5.97. The second-order valence-electron chi connectivity index (χ2n) is 3.85. The van der Waals surface area contributed by atoms with Gasteiger partial charge in [-0.15, -0.1) is 0 Å². The van der Waals surface area contributed by atoms with E-state index < -0.39 is 0 Å². The first kappa shape index (κ1) is 14.5. The molecule has 1 aliphatic rings. The summed E-state index contributed by atoms with van der Waals surface area (Å²) in [5, 5.41) is 9.85. The van der Waals surface area contributed by atoms with Gasteiger partial charge < -0.3 is 15.0 Å². The van der Waals surface area contributed by atoms with E-state index in [2.05, 4.69) is 10.3 Å². The molecule has 0 spiro atoms. The van der Waals surface area contributed by atoms with Gasteiger partial charge in [0.2, 0.25) is 5.96 Å². The zero-order valence-electron chi connectivity index (χ0n) is 10.0. The van der Waals surface area contributed by atoms with E-state index in [1.807, 2.05) is 18.7 Å². The molecule has 0 aliphatic carbocycles. The number of aliphatic imine (C=N–C) groups is 1. The molecule has 1 fully saturated rings. The lowest BCUT2D eigenvalue weighted by Gasteiger charge is -2.35. The van der Waals surface area contributed by atoms with Crippen LogP contribution in [-0.2, 0) is 4.74 Å². The zero-order valence-corrected chi connectivity index (χ0v) is 11.6. The van der Waals surface area contributed by atoms with Crippen molar-refractivity contribution >= 4 is 34.5 Å². The third-order valence-corrected chi connectivity index (χ3v) is 2.96. The number of alkyl halides is 1. The van der Waals surface area contributed by atoms with Gasteiger partial charge in [-0.1, -0.05) is 18.5 Å². The molecule has 1 saturated heterocycles. The topological polar surface area (TPSA) is 60.7 Å². The minimum Gasteiger partial charge on any atom is -0.377 e. The van der Waals surface area contributed by atoms with Gasteiger partial charge in [0, 0.05) is 6.54 Å². The Morgan fingerprint density at radius 1 is 1.71 bits per heavy atom. The van der Waals surface area contributed by atoms with E-state index >= 15 is 0 Å². The summed E-state index contributed by atoms with van der Waals surface area (Å²) in [4.78, 5) is 6.34. The van der Waals surface area contributed by atoms with Crippen LogP contribution < -0.4 is 5.32 Å². The van der Waals surface area contributed by atoms with Crippen molar-refractivity contribution in [2.24, 2.45) is 4.99 Å². The Labute approximate surface area is 112 Å². The smallest absolute Gasteiger partial charge is 0.202 e. The molecule has 1 unspecified atom stereocenters. The Bertz CT molecular complexity index is 298. The number of ether oxygens (including phenoxy) is 1. The molecular weight excluding hydrogens is 263 g/mol. The molecule has 0 aromatic carbocycles. The molecule has 17 heavy (non-hydrogen) atoms. The van der Waals surface area contributed by atoms with Crippen molar-refractivity contribution < 1.29 is 4.74 Å². The summed E-state index contributed by atoms with van der Waals surface area (Å²) in [7, 11) is 0. The van der Waals surface area contributed by atoms with E-state index in [-0.39, 0.29) is 16.8 Å². The minimum absolute atomic E-state index is 0.164. The zero-order chi connectivity index (χ0) is 12.8. The molecule has 0 aromatic heterocycles. The third kappa shape index (κ3) is 4.69. The van der Waals surface area contributed by atoms with Crippen LogP contribution in [0.2, 0.25) is 0 Å². The van der Waals surface area contributed by atoms with Crippen LogP contribution in [0.15, 0.2) is 4.99 Å². The van der Waals surface area contributed by atoms with E-state index in [9.17, 15) is 0 Å². The highest BCUT2D eigenvalue weighted by Gasteiger charge is 2.23. The molecule has 7 heteroatoms. The van der Waals surface area contributed by atoms with E-state index in [0.717, 1.165) is 6.42 Å². The van der Waals surface area contributed by atoms with Crippen LogP contribution in [0.5, 0.6) is 0 Å². The molecule has 1 aliphatic heterocycles. The highest BCUT2D eigenvalue weighted by atomic mass is 35.5. The number of hydrogen-bond acceptors (Lipinski definition) is 3. The second kappa shape index (κ2) is 7.03. The number of guanidine groups is 1. The van der Waals surface area contributed by atoms with E-state index in [1.165, 1.54) is 0 Å². The average molecular weight is 281 g/mol. The van der Waals surface area contributed by atoms with Crippen molar-refractivity contribution in [1.82, 2.24) is 10.2 Å². The number of nitrogens with zero attached hydrogens (tertiary/aromatic N) is 2. The largest absolute Gasteiger partial charge is 0.377 e. The van der Waals surface area contributed by atoms with Gasteiger partial charge in [-0.2, -0.15) is 0 Å². The van der Waals surface area contributed by atoms with Gasteiger partial charge in [-0.25, -0.2) is 4.99 Å². The molecule has 1 heterocycles. The van der Waals surface area contributed by atoms with Crippen molar-refractivity contribution in [3.05, 3.63) is 0 Å². The van der Waals surface area contributed by atoms with Crippen molar-refractivity contribution in [3.63, 3.8) is 0 Å². The summed E-state index contributed by atoms with van der Waals surface area (Å²) in [5.74, 6) is 0.544. The van der Waals surface area contributed by atoms with Crippen LogP contribution in [0.25, 0.3) is 0 Å². The molecule has 98 valence electrons. The SMILES string of the molecule is CCC(Cl)N=C(NC(=N)Cl)N1CCOC[C@H]1C. The Kier molecular flexibility index (Phi) is 6.02. The Balaban J connectivity index is 2.80. The molecule has 0 radical (unpaired) electrons. The third-order valence-electron chi connectivity index (χ3n) is 2.46. The lowest BCUT2D eigenvalue weighted by Crippen LogP contribution is -2.53. The van der Waals surface area contributed by atoms with Gasteiger partial charge in [-0.3, -0.25) is 5.41 Å². The van der Waals surface area contributed by atoms with Crippen LogP contribution in [0.3, 0.4) is 0 Å². The Hall–Kier alpha value is -0.520. The van der Waals surface area contributed by atoms with Crippen molar-refractivity contribution in [3.8, 4) is 0 Å². The Morgan fingerprint density at radius 2 is 2.41 bits per heavy atom. The maximum Gasteiger partial charge on any atom is 0.202 e. The molecule has 5 nitrogen and oxygen atoms in total. The minimum atomic E-state index is -0.316. The highest BCUT2D eigenvalue weighted by Crippen LogP contribution is 2.10. The maximum atomic E-state index is 7.28. The first-order valence-corrected chi connectivity index (χ1v) is 6.43. The van der Waals surface area contributed by atoms with Crippen molar-refractivity contribution in [2.75, 3.05) is 19.8 Å². The highest BCUT2D eigenvalue weighted by molar-refractivity contribution is 6.65. The fourth-order valence-electron chi connectivity index (χ4n) is 1.54. The predicted octanol–water partition coefficient (Wildman–Crippen LogP) is 1.80. The fraction of sp³-hybridized carbons (Fsp3) is 0.800. The fourth-order valence-corrected chi connectivity index (χ4v) is 1.72. The van der Waals surface area contributed by atoms with E-state index in [0.29, 0.717) is 25.7 Å². The molecular formula is C10H18Cl2N4O. The molecule has 0 bridgehead atoms. The van der Waals surface area contributed by atoms with Crippen LogP contribution in [0, 0.1) is 5.41 Å². The number of morpholine rings is 1.